The molecule has 1 aromatic heterocycles. The summed E-state index contributed by atoms with van der Waals surface area (Å²) in [5.41, 5.74) is 0.364. The maximum absolute atomic E-state index is 10.3. The van der Waals surface area contributed by atoms with Crippen molar-refractivity contribution in [2.75, 3.05) is 6.54 Å². The summed E-state index contributed by atoms with van der Waals surface area (Å²) in [6, 6.07) is 6.62. The van der Waals surface area contributed by atoms with Gasteiger partial charge in [0, 0.05) is 16.8 Å². The second-order valence-corrected chi connectivity index (χ2v) is 5.68. The van der Waals surface area contributed by atoms with Gasteiger partial charge in [-0.05, 0) is 47.5 Å². The first-order chi connectivity index (χ1) is 8.99. The van der Waals surface area contributed by atoms with Crippen molar-refractivity contribution in [3.63, 3.8) is 0 Å². The first-order valence-corrected chi connectivity index (χ1v) is 7.04. The molecule has 0 aliphatic carbocycles. The largest absolute Gasteiger partial charge is 0.507 e. The van der Waals surface area contributed by atoms with Gasteiger partial charge in [0.2, 0.25) is 0 Å². The number of phenols is 1. The van der Waals surface area contributed by atoms with E-state index < -0.39 is 5.60 Å². The average Bonchev–Trinajstić information content (AvgIpc) is 2.88. The summed E-state index contributed by atoms with van der Waals surface area (Å²) in [5, 5.41) is 24.3. The fraction of sp³-hybridized carbons (Fsp3) is 0.214. The third-order valence-corrected chi connectivity index (χ3v) is 3.68. The molecule has 5 heteroatoms. The van der Waals surface area contributed by atoms with Gasteiger partial charge in [-0.25, -0.2) is 0 Å². The molecule has 100 valence electrons. The van der Waals surface area contributed by atoms with E-state index in [9.17, 15) is 10.2 Å². The standard InChI is InChI=1S/C14H14ClNO2S/c1-14(18,11-4-5-19-8-11)9-16-7-10-6-12(15)2-3-13(10)17/h2-8,17-18H,9H2,1H3. The Balaban J connectivity index is 2.10. The Kier molecular flexibility index (Phi) is 4.24. The van der Waals surface area contributed by atoms with E-state index in [-0.39, 0.29) is 12.3 Å². The minimum atomic E-state index is -1.01. The minimum absolute atomic E-state index is 0.114. The molecule has 0 aliphatic heterocycles. The van der Waals surface area contributed by atoms with Gasteiger partial charge >= 0.3 is 0 Å². The molecule has 0 saturated heterocycles. The van der Waals surface area contributed by atoms with Crippen LogP contribution in [0.4, 0.5) is 0 Å². The maximum atomic E-state index is 10.3. The van der Waals surface area contributed by atoms with E-state index >= 15 is 0 Å². The smallest absolute Gasteiger partial charge is 0.124 e. The topological polar surface area (TPSA) is 52.8 Å². The Labute approximate surface area is 120 Å². The van der Waals surface area contributed by atoms with Gasteiger partial charge in [-0.15, -0.1) is 0 Å². The van der Waals surface area contributed by atoms with Crippen LogP contribution in [0, 0.1) is 0 Å². The lowest BCUT2D eigenvalue weighted by Crippen LogP contribution is -2.24. The van der Waals surface area contributed by atoms with E-state index in [1.165, 1.54) is 23.6 Å². The van der Waals surface area contributed by atoms with Crippen LogP contribution in [0.15, 0.2) is 40.0 Å². The summed E-state index contributed by atoms with van der Waals surface area (Å²) in [6.07, 6.45) is 1.52. The van der Waals surface area contributed by atoms with Gasteiger partial charge in [-0.1, -0.05) is 11.6 Å². The molecule has 1 heterocycles. The molecule has 3 nitrogen and oxygen atoms in total. The van der Waals surface area contributed by atoms with E-state index in [1.54, 1.807) is 19.1 Å². The SMILES string of the molecule is CC(O)(CN=Cc1cc(Cl)ccc1O)c1ccsc1. The van der Waals surface area contributed by atoms with Gasteiger partial charge in [0.05, 0.1) is 6.54 Å². The second kappa shape index (κ2) is 5.74. The lowest BCUT2D eigenvalue weighted by Gasteiger charge is -2.19. The summed E-state index contributed by atoms with van der Waals surface area (Å²) in [6.45, 7) is 1.93. The highest BCUT2D eigenvalue weighted by atomic mass is 35.5. The van der Waals surface area contributed by atoms with Crippen LogP contribution in [0.25, 0.3) is 0 Å². The molecule has 19 heavy (non-hydrogen) atoms. The van der Waals surface area contributed by atoms with E-state index in [0.29, 0.717) is 10.6 Å². The number of thiophene rings is 1. The zero-order chi connectivity index (χ0) is 13.9. The van der Waals surface area contributed by atoms with Crippen molar-refractivity contribution in [2.24, 2.45) is 4.99 Å². The van der Waals surface area contributed by atoms with E-state index in [2.05, 4.69) is 4.99 Å². The highest BCUT2D eigenvalue weighted by Gasteiger charge is 2.22. The van der Waals surface area contributed by atoms with Gasteiger partial charge in [0.15, 0.2) is 0 Å². The van der Waals surface area contributed by atoms with Gasteiger partial charge in [-0.2, -0.15) is 11.3 Å². The minimum Gasteiger partial charge on any atom is -0.507 e. The van der Waals surface area contributed by atoms with Crippen LogP contribution in [0.1, 0.15) is 18.1 Å². The van der Waals surface area contributed by atoms with Crippen LogP contribution in [0.3, 0.4) is 0 Å². The van der Waals surface area contributed by atoms with Crippen LogP contribution in [-0.2, 0) is 5.60 Å². The molecule has 0 bridgehead atoms. The summed E-state index contributed by atoms with van der Waals surface area (Å²) in [5.74, 6) is 0.114. The predicted molar refractivity (Wildman–Crippen MR) is 79.5 cm³/mol. The highest BCUT2D eigenvalue weighted by Crippen LogP contribution is 2.24. The Bertz CT molecular complexity index is 579. The first kappa shape index (κ1) is 14.1. The zero-order valence-electron chi connectivity index (χ0n) is 10.4. The fourth-order valence-electron chi connectivity index (χ4n) is 1.61. The van der Waals surface area contributed by atoms with Gasteiger partial charge < -0.3 is 10.2 Å². The normalized spacial score (nSPS) is 14.7. The first-order valence-electron chi connectivity index (χ1n) is 5.72. The van der Waals surface area contributed by atoms with Crippen molar-refractivity contribution in [3.05, 3.63) is 51.2 Å². The number of halogens is 1. The maximum Gasteiger partial charge on any atom is 0.124 e. The number of benzene rings is 1. The second-order valence-electron chi connectivity index (χ2n) is 4.46. The summed E-state index contributed by atoms with van der Waals surface area (Å²) in [4.78, 5) is 4.18. The molecule has 2 aromatic rings. The summed E-state index contributed by atoms with van der Waals surface area (Å²) in [7, 11) is 0. The number of hydrogen-bond donors (Lipinski definition) is 2. The van der Waals surface area contributed by atoms with E-state index in [1.807, 2.05) is 16.8 Å². The molecule has 1 unspecified atom stereocenters. The third-order valence-electron chi connectivity index (χ3n) is 2.76. The molecule has 1 atom stereocenters. The molecule has 0 saturated carbocycles. The van der Waals surface area contributed by atoms with Gasteiger partial charge in [0.25, 0.3) is 0 Å². The summed E-state index contributed by atoms with van der Waals surface area (Å²) >= 11 is 7.38. The zero-order valence-corrected chi connectivity index (χ0v) is 11.9. The molecule has 1 aromatic carbocycles. The molecule has 0 spiro atoms. The summed E-state index contributed by atoms with van der Waals surface area (Å²) < 4.78 is 0. The lowest BCUT2D eigenvalue weighted by atomic mass is 10.00. The highest BCUT2D eigenvalue weighted by molar-refractivity contribution is 7.08. The van der Waals surface area contributed by atoms with Crippen molar-refractivity contribution in [1.29, 1.82) is 0 Å². The van der Waals surface area contributed by atoms with Crippen LogP contribution in [0.2, 0.25) is 5.02 Å². The molecule has 2 N–H and O–H groups in total. The van der Waals surface area contributed by atoms with Crippen molar-refractivity contribution in [3.8, 4) is 5.75 Å². The molecule has 0 radical (unpaired) electrons. The number of nitrogens with zero attached hydrogens (tertiary/aromatic N) is 1. The average molecular weight is 296 g/mol. The van der Waals surface area contributed by atoms with Crippen LogP contribution >= 0.6 is 22.9 Å². The predicted octanol–water partition coefficient (Wildman–Crippen LogP) is 3.43. The molecule has 2 rings (SSSR count). The van der Waals surface area contributed by atoms with Crippen molar-refractivity contribution < 1.29 is 10.2 Å². The Morgan fingerprint density at radius 2 is 2.21 bits per heavy atom. The molecule has 0 fully saturated rings. The number of aliphatic hydroxyl groups is 1. The molecule has 0 aliphatic rings. The van der Waals surface area contributed by atoms with Crippen LogP contribution in [0.5, 0.6) is 5.75 Å². The number of aromatic hydroxyl groups is 1. The fourth-order valence-corrected chi connectivity index (χ4v) is 2.58. The van der Waals surface area contributed by atoms with Gasteiger partial charge in [0.1, 0.15) is 11.4 Å². The lowest BCUT2D eigenvalue weighted by molar-refractivity contribution is 0.0680. The van der Waals surface area contributed by atoms with E-state index in [0.717, 1.165) is 5.56 Å². The Morgan fingerprint density at radius 3 is 2.89 bits per heavy atom. The Hall–Kier alpha value is -1.36. The number of aliphatic imine (C=N–C) groups is 1. The van der Waals surface area contributed by atoms with Crippen molar-refractivity contribution in [1.82, 2.24) is 0 Å². The number of rotatable bonds is 4. The quantitative estimate of drug-likeness (QED) is 0.849. The van der Waals surface area contributed by atoms with Crippen molar-refractivity contribution in [2.45, 2.75) is 12.5 Å². The number of hydrogen-bond acceptors (Lipinski definition) is 4. The third kappa shape index (κ3) is 3.56. The van der Waals surface area contributed by atoms with Crippen LogP contribution in [-0.4, -0.2) is 23.0 Å². The molecular formula is C14H14ClNO2S. The molecule has 0 amide bonds. The van der Waals surface area contributed by atoms with Crippen molar-refractivity contribution >= 4 is 29.2 Å². The number of phenolic OH excluding ortho intramolecular Hbond substituents is 1. The molecular weight excluding hydrogens is 282 g/mol. The van der Waals surface area contributed by atoms with Crippen LogP contribution < -0.4 is 0 Å². The van der Waals surface area contributed by atoms with Gasteiger partial charge in [-0.3, -0.25) is 4.99 Å². The Morgan fingerprint density at radius 1 is 1.42 bits per heavy atom. The monoisotopic (exact) mass is 295 g/mol. The van der Waals surface area contributed by atoms with E-state index in [4.69, 9.17) is 11.6 Å².